The van der Waals surface area contributed by atoms with Gasteiger partial charge in [-0.25, -0.2) is 9.78 Å². The molecule has 3 aromatic rings. The molecule has 2 aliphatic carbocycles. The predicted molar refractivity (Wildman–Crippen MR) is 126 cm³/mol. The van der Waals surface area contributed by atoms with Crippen LogP contribution < -0.4 is 20.3 Å². The second-order valence-electron chi connectivity index (χ2n) is 8.81. The van der Waals surface area contributed by atoms with Crippen LogP contribution in [-0.4, -0.2) is 45.4 Å². The van der Waals surface area contributed by atoms with Crippen molar-refractivity contribution in [3.63, 3.8) is 0 Å². The first-order chi connectivity index (χ1) is 16.1. The highest BCUT2D eigenvalue weighted by molar-refractivity contribution is 5.70. The molecule has 0 spiro atoms. The van der Waals surface area contributed by atoms with Crippen LogP contribution in [0.25, 0.3) is 0 Å². The highest BCUT2D eigenvalue weighted by Crippen LogP contribution is 2.39. The van der Waals surface area contributed by atoms with Gasteiger partial charge in [0.1, 0.15) is 11.6 Å². The molecular weight excluding hydrogens is 418 g/mol. The summed E-state index contributed by atoms with van der Waals surface area (Å²) < 4.78 is 5.35. The Morgan fingerprint density at radius 2 is 1.85 bits per heavy atom. The van der Waals surface area contributed by atoms with E-state index in [1.807, 2.05) is 31.3 Å². The fourth-order valence-electron chi connectivity index (χ4n) is 4.29. The monoisotopic (exact) mass is 447 g/mol. The van der Waals surface area contributed by atoms with Crippen LogP contribution in [0.5, 0.6) is 5.75 Å². The molecule has 172 valence electrons. The fourth-order valence-corrected chi connectivity index (χ4v) is 4.29. The van der Waals surface area contributed by atoms with Gasteiger partial charge < -0.3 is 20.3 Å². The molecule has 0 bridgehead atoms. The summed E-state index contributed by atoms with van der Waals surface area (Å²) in [6.45, 7) is 0. The number of benzene rings is 1. The molecule has 3 N–H and O–H groups in total. The third-order valence-corrected chi connectivity index (χ3v) is 6.35. The summed E-state index contributed by atoms with van der Waals surface area (Å²) in [7, 11) is 2.03. The number of H-pyrrole nitrogens is 1. The smallest absolute Gasteiger partial charge is 0.410 e. The maximum Gasteiger partial charge on any atom is 0.412 e. The van der Waals surface area contributed by atoms with Crippen molar-refractivity contribution in [2.45, 2.75) is 56.5 Å². The van der Waals surface area contributed by atoms with Gasteiger partial charge in [-0.2, -0.15) is 10.1 Å². The number of anilines is 3. The van der Waals surface area contributed by atoms with E-state index in [4.69, 9.17) is 4.74 Å². The standard InChI is InChI=1S/C24H29N7O2/c1-31(18-11-9-17(10-12-18)26-24(32)33-19-5-3-2-4-6-19)23-25-14-13-21(28-23)27-22-15-20(29-30-22)16-7-8-16/h2-6,13-18H,7-12H2,1H3,(H,26,32)(H2,25,27,28,29,30). The van der Waals surface area contributed by atoms with Gasteiger partial charge >= 0.3 is 6.09 Å². The zero-order chi connectivity index (χ0) is 22.6. The maximum atomic E-state index is 12.2. The number of aromatic nitrogens is 4. The number of rotatable bonds is 7. The molecule has 0 aliphatic heterocycles. The van der Waals surface area contributed by atoms with Crippen LogP contribution in [0.4, 0.5) is 22.4 Å². The van der Waals surface area contributed by atoms with Gasteiger partial charge in [-0.05, 0) is 56.7 Å². The number of carbonyl (C=O) groups is 1. The van der Waals surface area contributed by atoms with E-state index < -0.39 is 6.09 Å². The number of para-hydroxylation sites is 1. The van der Waals surface area contributed by atoms with E-state index in [0.717, 1.165) is 37.3 Å². The van der Waals surface area contributed by atoms with Gasteiger partial charge in [-0.15, -0.1) is 0 Å². The summed E-state index contributed by atoms with van der Waals surface area (Å²) in [4.78, 5) is 23.5. The summed E-state index contributed by atoms with van der Waals surface area (Å²) in [6, 6.07) is 13.4. The Morgan fingerprint density at radius 1 is 1.06 bits per heavy atom. The molecule has 2 fully saturated rings. The number of nitrogens with one attached hydrogen (secondary N) is 3. The zero-order valence-corrected chi connectivity index (χ0v) is 18.7. The van der Waals surface area contributed by atoms with E-state index in [1.54, 1.807) is 18.3 Å². The molecule has 0 radical (unpaired) electrons. The van der Waals surface area contributed by atoms with Crippen molar-refractivity contribution >= 4 is 23.7 Å². The Balaban J connectivity index is 1.12. The Bertz CT molecular complexity index is 1080. The largest absolute Gasteiger partial charge is 0.412 e. The Hall–Kier alpha value is -3.62. The molecule has 1 amide bonds. The number of aromatic amines is 1. The zero-order valence-electron chi connectivity index (χ0n) is 18.7. The molecule has 2 aliphatic rings. The van der Waals surface area contributed by atoms with Gasteiger partial charge in [-0.3, -0.25) is 5.10 Å². The second-order valence-corrected chi connectivity index (χ2v) is 8.81. The number of hydrogen-bond donors (Lipinski definition) is 3. The summed E-state index contributed by atoms with van der Waals surface area (Å²) in [5.74, 6) is 3.35. The lowest BCUT2D eigenvalue weighted by Crippen LogP contribution is -2.44. The van der Waals surface area contributed by atoms with Gasteiger partial charge in [0.25, 0.3) is 0 Å². The molecule has 0 saturated heterocycles. The Kier molecular flexibility index (Phi) is 6.10. The molecule has 9 heteroatoms. The van der Waals surface area contributed by atoms with E-state index in [9.17, 15) is 4.79 Å². The van der Waals surface area contributed by atoms with Gasteiger partial charge in [0.05, 0.1) is 0 Å². The first kappa shape index (κ1) is 21.2. The minimum absolute atomic E-state index is 0.111. The number of ether oxygens (including phenoxy) is 1. The number of nitrogens with zero attached hydrogens (tertiary/aromatic N) is 4. The Morgan fingerprint density at radius 3 is 2.61 bits per heavy atom. The number of amides is 1. The summed E-state index contributed by atoms with van der Waals surface area (Å²) in [5.41, 5.74) is 1.18. The molecule has 2 saturated carbocycles. The van der Waals surface area contributed by atoms with Crippen molar-refractivity contribution < 1.29 is 9.53 Å². The number of hydrogen-bond acceptors (Lipinski definition) is 7. The van der Waals surface area contributed by atoms with Crippen LogP contribution in [0.2, 0.25) is 0 Å². The average Bonchev–Trinajstić information content (AvgIpc) is 3.59. The van der Waals surface area contributed by atoms with E-state index in [0.29, 0.717) is 23.7 Å². The summed E-state index contributed by atoms with van der Waals surface area (Å²) in [5, 5.41) is 13.7. The molecular formula is C24H29N7O2. The minimum Gasteiger partial charge on any atom is -0.410 e. The van der Waals surface area contributed by atoms with E-state index >= 15 is 0 Å². The maximum absolute atomic E-state index is 12.2. The molecule has 0 atom stereocenters. The lowest BCUT2D eigenvalue weighted by atomic mass is 9.90. The topological polar surface area (TPSA) is 108 Å². The summed E-state index contributed by atoms with van der Waals surface area (Å²) in [6.07, 6.45) is 7.48. The molecule has 0 unspecified atom stereocenters. The summed E-state index contributed by atoms with van der Waals surface area (Å²) >= 11 is 0. The average molecular weight is 448 g/mol. The normalized spacial score (nSPS) is 20.2. The van der Waals surface area contributed by atoms with Crippen molar-refractivity contribution in [3.05, 3.63) is 54.4 Å². The second kappa shape index (κ2) is 9.48. The van der Waals surface area contributed by atoms with Gasteiger partial charge in [0, 0.05) is 43.0 Å². The Labute approximate surface area is 193 Å². The third kappa shape index (κ3) is 5.42. The van der Waals surface area contributed by atoms with Gasteiger partial charge in [0.2, 0.25) is 5.95 Å². The van der Waals surface area contributed by atoms with E-state index in [-0.39, 0.29) is 6.04 Å². The molecule has 2 heterocycles. The van der Waals surface area contributed by atoms with E-state index in [2.05, 4.69) is 41.8 Å². The molecule has 2 aromatic heterocycles. The van der Waals surface area contributed by atoms with Crippen LogP contribution in [0.15, 0.2) is 48.7 Å². The predicted octanol–water partition coefficient (Wildman–Crippen LogP) is 4.36. The van der Waals surface area contributed by atoms with Crippen molar-refractivity contribution in [1.82, 2.24) is 25.5 Å². The van der Waals surface area contributed by atoms with Crippen LogP contribution in [0, 0.1) is 0 Å². The van der Waals surface area contributed by atoms with Crippen LogP contribution in [0.3, 0.4) is 0 Å². The number of carbonyl (C=O) groups excluding carboxylic acids is 1. The third-order valence-electron chi connectivity index (χ3n) is 6.35. The first-order valence-corrected chi connectivity index (χ1v) is 11.6. The first-order valence-electron chi connectivity index (χ1n) is 11.6. The molecule has 1 aromatic carbocycles. The van der Waals surface area contributed by atoms with Gasteiger partial charge in [-0.1, -0.05) is 18.2 Å². The molecule has 9 nitrogen and oxygen atoms in total. The van der Waals surface area contributed by atoms with Crippen LogP contribution >= 0.6 is 0 Å². The lowest BCUT2D eigenvalue weighted by molar-refractivity contribution is 0.191. The molecule has 33 heavy (non-hydrogen) atoms. The highest BCUT2D eigenvalue weighted by atomic mass is 16.6. The quantitative estimate of drug-likeness (QED) is 0.494. The highest BCUT2D eigenvalue weighted by Gasteiger charge is 2.27. The van der Waals surface area contributed by atoms with Gasteiger partial charge in [0.15, 0.2) is 5.82 Å². The van der Waals surface area contributed by atoms with Crippen LogP contribution in [-0.2, 0) is 0 Å². The van der Waals surface area contributed by atoms with Crippen molar-refractivity contribution in [3.8, 4) is 5.75 Å². The van der Waals surface area contributed by atoms with Crippen LogP contribution in [0.1, 0.15) is 50.1 Å². The lowest BCUT2D eigenvalue weighted by Gasteiger charge is -2.34. The van der Waals surface area contributed by atoms with Crippen molar-refractivity contribution in [1.29, 1.82) is 0 Å². The van der Waals surface area contributed by atoms with Crippen molar-refractivity contribution in [2.75, 3.05) is 17.3 Å². The fraction of sp³-hybridized carbons (Fsp3) is 0.417. The minimum atomic E-state index is -0.400. The van der Waals surface area contributed by atoms with Crippen molar-refractivity contribution in [2.24, 2.45) is 0 Å². The molecule has 5 rings (SSSR count). The van der Waals surface area contributed by atoms with E-state index in [1.165, 1.54) is 18.5 Å². The SMILES string of the molecule is CN(c1nccc(Nc2cc(C3CC3)[nH]n2)n1)C1CCC(NC(=O)Oc2ccccc2)CC1.